The van der Waals surface area contributed by atoms with E-state index in [9.17, 15) is 14.6 Å². The molecule has 1 aromatic carbocycles. The number of hydrogen-bond acceptors (Lipinski definition) is 3. The molecular weight excluding hydrogens is 274 g/mol. The van der Waals surface area contributed by atoms with E-state index in [0.717, 1.165) is 0 Å². The van der Waals surface area contributed by atoms with Gasteiger partial charge in [-0.25, -0.2) is 4.39 Å². The lowest BCUT2D eigenvalue weighted by Crippen LogP contribution is -2.18. The minimum absolute atomic E-state index is 0.181. The Hall–Kier alpha value is -0.0000000000000000555. The van der Waals surface area contributed by atoms with Crippen molar-refractivity contribution in [3.05, 3.63) is 33.6 Å². The molecule has 0 radical (unpaired) electrons. The molecule has 0 aromatic heterocycles. The zero-order valence-electron chi connectivity index (χ0n) is 8.20. The lowest BCUT2D eigenvalue weighted by molar-refractivity contribution is 0.0172. The third-order valence-corrected chi connectivity index (χ3v) is 2.95. The summed E-state index contributed by atoms with van der Waals surface area (Å²) in [6, 6.07) is 2.49. The van der Waals surface area contributed by atoms with Crippen molar-refractivity contribution in [1.29, 1.82) is 0 Å². The molecule has 0 aliphatic rings. The summed E-state index contributed by atoms with van der Waals surface area (Å²) in [4.78, 5) is 0. The lowest BCUT2D eigenvalue weighted by Gasteiger charge is -2.18. The molecule has 16 heavy (non-hydrogen) atoms. The van der Waals surface area contributed by atoms with Crippen LogP contribution in [0.25, 0.3) is 0 Å². The van der Waals surface area contributed by atoms with Crippen molar-refractivity contribution in [3.8, 4) is 0 Å². The lowest BCUT2D eigenvalue weighted by atomic mass is 10.0. The second kappa shape index (κ2) is 6.07. The van der Waals surface area contributed by atoms with Crippen molar-refractivity contribution in [2.45, 2.75) is 18.6 Å². The molecule has 90 valence electrons. The van der Waals surface area contributed by atoms with Crippen molar-refractivity contribution < 1.29 is 14.6 Å². The maximum Gasteiger partial charge on any atom is 0.160 e. The average Bonchev–Trinajstić information content (AvgIpc) is 2.24. The Labute approximate surface area is 108 Å². The third-order valence-electron chi connectivity index (χ3n) is 2.14. The van der Waals surface area contributed by atoms with Crippen LogP contribution >= 0.6 is 35.8 Å². The van der Waals surface area contributed by atoms with Crippen molar-refractivity contribution in [1.82, 2.24) is 0 Å². The molecule has 0 bridgehead atoms. The van der Waals surface area contributed by atoms with Crippen LogP contribution in [0.4, 0.5) is 4.39 Å². The molecule has 2 nitrogen and oxygen atoms in total. The summed E-state index contributed by atoms with van der Waals surface area (Å²) >= 11 is 15.1. The SMILES string of the molecule is OC(CCS)C(O)c1cc(Cl)c(F)c(Cl)c1. The summed E-state index contributed by atoms with van der Waals surface area (Å²) in [5, 5.41) is 18.9. The first kappa shape index (κ1) is 14.1. The second-order valence-corrected chi connectivity index (χ2v) is 4.58. The molecule has 0 fully saturated rings. The number of thiol groups is 1. The minimum Gasteiger partial charge on any atom is -0.390 e. The van der Waals surface area contributed by atoms with Gasteiger partial charge in [-0.1, -0.05) is 23.2 Å². The summed E-state index contributed by atoms with van der Waals surface area (Å²) in [6.07, 6.45) is -1.81. The molecule has 1 aromatic rings. The van der Waals surface area contributed by atoms with Gasteiger partial charge in [-0.3, -0.25) is 0 Å². The standard InChI is InChI=1S/C10H11Cl2FO2S/c11-6-3-5(4-7(12)9(6)13)10(15)8(14)1-2-16/h3-4,8,10,14-16H,1-2H2. The van der Waals surface area contributed by atoms with Gasteiger partial charge in [-0.2, -0.15) is 12.6 Å². The maximum atomic E-state index is 13.1. The van der Waals surface area contributed by atoms with Gasteiger partial charge in [0.2, 0.25) is 0 Å². The van der Waals surface area contributed by atoms with Crippen LogP contribution < -0.4 is 0 Å². The van der Waals surface area contributed by atoms with E-state index in [4.69, 9.17) is 23.2 Å². The number of rotatable bonds is 4. The van der Waals surface area contributed by atoms with E-state index >= 15 is 0 Å². The highest BCUT2D eigenvalue weighted by atomic mass is 35.5. The van der Waals surface area contributed by atoms with Crippen molar-refractivity contribution in [2.24, 2.45) is 0 Å². The Bertz CT molecular complexity index is 353. The van der Waals surface area contributed by atoms with Gasteiger partial charge in [-0.15, -0.1) is 0 Å². The van der Waals surface area contributed by atoms with E-state index in [1.165, 1.54) is 12.1 Å². The van der Waals surface area contributed by atoms with Crippen LogP contribution in [0, 0.1) is 5.82 Å². The van der Waals surface area contributed by atoms with Crippen LogP contribution in [0.15, 0.2) is 12.1 Å². The van der Waals surface area contributed by atoms with Crippen LogP contribution in [0.2, 0.25) is 10.0 Å². The fourth-order valence-electron chi connectivity index (χ4n) is 1.26. The molecule has 2 N–H and O–H groups in total. The molecule has 0 aliphatic carbocycles. The van der Waals surface area contributed by atoms with Crippen LogP contribution in [-0.2, 0) is 0 Å². The monoisotopic (exact) mass is 284 g/mol. The smallest absolute Gasteiger partial charge is 0.160 e. The van der Waals surface area contributed by atoms with Crippen molar-refractivity contribution in [2.75, 3.05) is 5.75 Å². The highest BCUT2D eigenvalue weighted by molar-refractivity contribution is 7.80. The number of aliphatic hydroxyl groups is 2. The highest BCUT2D eigenvalue weighted by Crippen LogP contribution is 2.29. The summed E-state index contributed by atoms with van der Waals surface area (Å²) < 4.78 is 13.1. The van der Waals surface area contributed by atoms with E-state index in [2.05, 4.69) is 12.6 Å². The normalized spacial score (nSPS) is 14.9. The van der Waals surface area contributed by atoms with Crippen LogP contribution in [0.3, 0.4) is 0 Å². The van der Waals surface area contributed by atoms with Gasteiger partial charge < -0.3 is 10.2 Å². The van der Waals surface area contributed by atoms with Crippen molar-refractivity contribution >= 4 is 35.8 Å². The number of hydrogen-bond donors (Lipinski definition) is 3. The first-order chi connectivity index (χ1) is 7.47. The predicted molar refractivity (Wildman–Crippen MR) is 65.9 cm³/mol. The van der Waals surface area contributed by atoms with E-state index in [1.807, 2.05) is 0 Å². The summed E-state index contributed by atoms with van der Waals surface area (Å²) in [5.74, 6) is -0.302. The molecule has 2 atom stereocenters. The molecular formula is C10H11Cl2FO2S. The Kier molecular flexibility index (Phi) is 5.34. The van der Waals surface area contributed by atoms with Crippen LogP contribution in [-0.4, -0.2) is 22.1 Å². The van der Waals surface area contributed by atoms with E-state index in [0.29, 0.717) is 12.2 Å². The molecule has 2 unspecified atom stereocenters. The van der Waals surface area contributed by atoms with Gasteiger partial charge in [0.05, 0.1) is 16.1 Å². The molecule has 1 rings (SSSR count). The third kappa shape index (κ3) is 3.25. The van der Waals surface area contributed by atoms with Gasteiger partial charge in [0, 0.05) is 0 Å². The van der Waals surface area contributed by atoms with E-state index < -0.39 is 18.0 Å². The maximum absolute atomic E-state index is 13.1. The average molecular weight is 285 g/mol. The fraction of sp³-hybridized carbons (Fsp3) is 0.400. The van der Waals surface area contributed by atoms with Gasteiger partial charge in [0.1, 0.15) is 6.10 Å². The Morgan fingerprint density at radius 3 is 2.19 bits per heavy atom. The van der Waals surface area contributed by atoms with Crippen LogP contribution in [0.1, 0.15) is 18.1 Å². The molecule has 6 heteroatoms. The Morgan fingerprint density at radius 2 is 1.75 bits per heavy atom. The Balaban J connectivity index is 2.96. The summed E-state index contributed by atoms with van der Waals surface area (Å²) in [6.45, 7) is 0. The zero-order valence-corrected chi connectivity index (χ0v) is 10.6. The second-order valence-electron chi connectivity index (χ2n) is 3.32. The molecule has 0 aliphatic heterocycles. The highest BCUT2D eigenvalue weighted by Gasteiger charge is 2.20. The predicted octanol–water partition coefficient (Wildman–Crippen LogP) is 2.85. The van der Waals surface area contributed by atoms with E-state index in [-0.39, 0.29) is 15.6 Å². The molecule has 0 spiro atoms. The minimum atomic E-state index is -1.15. The number of benzene rings is 1. The topological polar surface area (TPSA) is 40.5 Å². The first-order valence-corrected chi connectivity index (χ1v) is 5.97. The van der Waals surface area contributed by atoms with Gasteiger partial charge in [0.15, 0.2) is 5.82 Å². The zero-order chi connectivity index (χ0) is 12.3. The van der Waals surface area contributed by atoms with Crippen molar-refractivity contribution in [3.63, 3.8) is 0 Å². The molecule has 0 amide bonds. The summed E-state index contributed by atoms with van der Waals surface area (Å²) in [7, 11) is 0. The molecule has 0 saturated heterocycles. The number of halogens is 3. The molecule has 0 heterocycles. The Morgan fingerprint density at radius 1 is 1.25 bits per heavy atom. The molecule has 0 saturated carbocycles. The van der Waals surface area contributed by atoms with Gasteiger partial charge in [0.25, 0.3) is 0 Å². The van der Waals surface area contributed by atoms with Gasteiger partial charge >= 0.3 is 0 Å². The van der Waals surface area contributed by atoms with Crippen LogP contribution in [0.5, 0.6) is 0 Å². The summed E-state index contributed by atoms with van der Waals surface area (Å²) in [5.41, 5.74) is 0.283. The van der Waals surface area contributed by atoms with E-state index in [1.54, 1.807) is 0 Å². The van der Waals surface area contributed by atoms with Gasteiger partial charge in [-0.05, 0) is 29.9 Å². The number of aliphatic hydroxyl groups excluding tert-OH is 2. The quantitative estimate of drug-likeness (QED) is 0.588. The fourth-order valence-corrected chi connectivity index (χ4v) is 2.03. The largest absolute Gasteiger partial charge is 0.390 e. The first-order valence-electron chi connectivity index (χ1n) is 4.58.